The van der Waals surface area contributed by atoms with Gasteiger partial charge in [-0.1, -0.05) is 39.0 Å². The number of thiazole rings is 1. The van der Waals surface area contributed by atoms with Gasteiger partial charge in [0.25, 0.3) is 5.91 Å². The quantitative estimate of drug-likeness (QED) is 0.411. The van der Waals surface area contributed by atoms with Crippen LogP contribution in [-0.2, 0) is 5.41 Å². The van der Waals surface area contributed by atoms with Gasteiger partial charge >= 0.3 is 0 Å². The maximum Gasteiger partial charge on any atom is 0.258 e. The average molecular weight is 448 g/mol. The smallest absolute Gasteiger partial charge is 0.258 e. The van der Waals surface area contributed by atoms with Crippen molar-refractivity contribution in [2.45, 2.75) is 26.2 Å². The Labute approximate surface area is 191 Å². The predicted molar refractivity (Wildman–Crippen MR) is 129 cm³/mol. The summed E-state index contributed by atoms with van der Waals surface area (Å²) in [5.41, 5.74) is 3.63. The summed E-state index contributed by atoms with van der Waals surface area (Å²) >= 11 is 1.43. The monoisotopic (exact) mass is 447 g/mol. The zero-order chi connectivity index (χ0) is 22.9. The third-order valence-corrected chi connectivity index (χ3v) is 5.89. The van der Waals surface area contributed by atoms with Crippen LogP contribution >= 0.6 is 11.3 Å². The lowest BCUT2D eigenvalue weighted by Gasteiger charge is -2.14. The number of hydrogen-bond acceptors (Lipinski definition) is 6. The van der Waals surface area contributed by atoms with Crippen molar-refractivity contribution >= 4 is 33.3 Å². The van der Waals surface area contributed by atoms with E-state index in [2.05, 4.69) is 31.1 Å². The molecule has 2 aromatic carbocycles. The second-order valence-electron chi connectivity index (χ2n) is 8.38. The molecule has 0 unspecified atom stereocenters. The molecule has 0 spiro atoms. The Kier molecular flexibility index (Phi) is 5.84. The van der Waals surface area contributed by atoms with E-state index in [0.717, 1.165) is 22.2 Å². The van der Waals surface area contributed by atoms with E-state index in [9.17, 15) is 4.79 Å². The molecule has 0 saturated heterocycles. The third kappa shape index (κ3) is 4.29. The molecule has 2 heterocycles. The molecule has 0 atom stereocenters. The molecule has 0 fully saturated rings. The number of para-hydroxylation sites is 1. The van der Waals surface area contributed by atoms with Gasteiger partial charge in [0.05, 0.1) is 36.7 Å². The number of pyridine rings is 1. The second kappa shape index (κ2) is 8.59. The highest BCUT2D eigenvalue weighted by Crippen LogP contribution is 2.33. The Morgan fingerprint density at radius 3 is 2.41 bits per heavy atom. The molecule has 0 radical (unpaired) electrons. The number of ether oxygens (including phenoxy) is 2. The van der Waals surface area contributed by atoms with Crippen LogP contribution in [0.15, 0.2) is 53.9 Å². The van der Waals surface area contributed by atoms with Gasteiger partial charge in [-0.15, -0.1) is 11.3 Å². The first kappa shape index (κ1) is 21.8. The minimum atomic E-state index is -0.222. The minimum Gasteiger partial charge on any atom is -0.493 e. The molecule has 7 heteroatoms. The first-order chi connectivity index (χ1) is 15.3. The maximum atomic E-state index is 13.3. The lowest BCUT2D eigenvalue weighted by Crippen LogP contribution is -2.15. The maximum absolute atomic E-state index is 13.3. The molecule has 164 valence electrons. The van der Waals surface area contributed by atoms with Crippen LogP contribution in [0.25, 0.3) is 22.2 Å². The van der Waals surface area contributed by atoms with Crippen molar-refractivity contribution in [3.05, 3.63) is 65.2 Å². The number of nitrogens with zero attached hydrogens (tertiary/aromatic N) is 2. The number of hydrogen-bond donors (Lipinski definition) is 1. The standard InChI is InChI=1S/C25H25N3O3S/c1-25(2,3)22-14-32-24(27-22)28-23(29)17-13-19(26-18-9-7-6-8-16(17)18)15-10-11-20(30-4)21(12-15)31-5/h6-14H,1-5H3,(H,27,28,29). The summed E-state index contributed by atoms with van der Waals surface area (Å²) in [6, 6.07) is 15.0. The summed E-state index contributed by atoms with van der Waals surface area (Å²) in [5.74, 6) is 1.01. The zero-order valence-electron chi connectivity index (χ0n) is 18.7. The van der Waals surface area contributed by atoms with Crippen molar-refractivity contribution in [2.75, 3.05) is 19.5 Å². The van der Waals surface area contributed by atoms with Gasteiger partial charge in [0, 0.05) is 21.7 Å². The van der Waals surface area contributed by atoms with E-state index in [1.54, 1.807) is 20.3 Å². The summed E-state index contributed by atoms with van der Waals surface area (Å²) in [6.45, 7) is 6.29. The number of carbonyl (C=O) groups excluding carboxylic acids is 1. The van der Waals surface area contributed by atoms with Crippen LogP contribution in [0.3, 0.4) is 0 Å². The van der Waals surface area contributed by atoms with Gasteiger partial charge in [-0.3, -0.25) is 10.1 Å². The fraction of sp³-hybridized carbons (Fsp3) is 0.240. The van der Waals surface area contributed by atoms with Crippen LogP contribution in [0.2, 0.25) is 0 Å². The summed E-state index contributed by atoms with van der Waals surface area (Å²) < 4.78 is 10.8. The van der Waals surface area contributed by atoms with E-state index >= 15 is 0 Å². The molecule has 0 aliphatic heterocycles. The van der Waals surface area contributed by atoms with Crippen LogP contribution < -0.4 is 14.8 Å². The van der Waals surface area contributed by atoms with Gasteiger partial charge in [0.1, 0.15) is 0 Å². The van der Waals surface area contributed by atoms with Gasteiger partial charge in [-0.05, 0) is 30.3 Å². The molecule has 0 aliphatic carbocycles. The summed E-state index contributed by atoms with van der Waals surface area (Å²) in [5, 5.41) is 6.30. The number of amides is 1. The molecular weight excluding hydrogens is 422 g/mol. The number of methoxy groups -OCH3 is 2. The largest absolute Gasteiger partial charge is 0.493 e. The van der Waals surface area contributed by atoms with E-state index < -0.39 is 0 Å². The Bertz CT molecular complexity index is 1290. The van der Waals surface area contributed by atoms with Gasteiger partial charge < -0.3 is 9.47 Å². The van der Waals surface area contributed by atoms with Crippen LogP contribution in [-0.4, -0.2) is 30.1 Å². The number of carbonyl (C=O) groups is 1. The molecule has 2 aromatic heterocycles. The van der Waals surface area contributed by atoms with Crippen LogP contribution in [0.4, 0.5) is 5.13 Å². The number of rotatable bonds is 5. The van der Waals surface area contributed by atoms with Gasteiger partial charge in [-0.2, -0.15) is 0 Å². The first-order valence-electron chi connectivity index (χ1n) is 10.2. The highest BCUT2D eigenvalue weighted by molar-refractivity contribution is 7.14. The fourth-order valence-corrected chi connectivity index (χ4v) is 4.28. The summed E-state index contributed by atoms with van der Waals surface area (Å²) in [4.78, 5) is 22.6. The molecule has 0 saturated carbocycles. The SMILES string of the molecule is COc1ccc(-c2cc(C(=O)Nc3nc(C(C)(C)C)cs3)c3ccccc3n2)cc1OC. The van der Waals surface area contributed by atoms with Crippen molar-refractivity contribution in [1.82, 2.24) is 9.97 Å². The molecule has 32 heavy (non-hydrogen) atoms. The second-order valence-corrected chi connectivity index (χ2v) is 9.24. The Morgan fingerprint density at radius 2 is 1.72 bits per heavy atom. The van der Waals surface area contributed by atoms with Crippen molar-refractivity contribution < 1.29 is 14.3 Å². The molecule has 1 amide bonds. The number of anilines is 1. The summed E-state index contributed by atoms with van der Waals surface area (Å²) in [7, 11) is 3.19. The number of aromatic nitrogens is 2. The van der Waals surface area contributed by atoms with E-state index in [-0.39, 0.29) is 11.3 Å². The topological polar surface area (TPSA) is 73.3 Å². The van der Waals surface area contributed by atoms with Crippen LogP contribution in [0, 0.1) is 0 Å². The van der Waals surface area contributed by atoms with E-state index in [1.165, 1.54) is 11.3 Å². The molecule has 6 nitrogen and oxygen atoms in total. The average Bonchev–Trinajstić information content (AvgIpc) is 3.27. The van der Waals surface area contributed by atoms with E-state index in [0.29, 0.717) is 27.9 Å². The predicted octanol–water partition coefficient (Wildman–Crippen LogP) is 5.93. The molecule has 4 aromatic rings. The normalized spacial score (nSPS) is 11.4. The fourth-order valence-electron chi connectivity index (χ4n) is 3.35. The van der Waals surface area contributed by atoms with Gasteiger partial charge in [0.15, 0.2) is 16.6 Å². The van der Waals surface area contributed by atoms with Crippen molar-refractivity contribution in [3.63, 3.8) is 0 Å². The third-order valence-electron chi connectivity index (χ3n) is 5.13. The van der Waals surface area contributed by atoms with Crippen molar-refractivity contribution in [1.29, 1.82) is 0 Å². The van der Waals surface area contributed by atoms with Crippen LogP contribution in [0.1, 0.15) is 36.8 Å². The molecule has 0 aliphatic rings. The van der Waals surface area contributed by atoms with Gasteiger partial charge in [-0.25, -0.2) is 9.97 Å². The van der Waals surface area contributed by atoms with Gasteiger partial charge in [0.2, 0.25) is 0 Å². The number of benzene rings is 2. The molecule has 4 rings (SSSR count). The number of fused-ring (bicyclic) bond motifs is 1. The van der Waals surface area contributed by atoms with E-state index in [1.807, 2.05) is 47.8 Å². The molecular formula is C25H25N3O3S. The Balaban J connectivity index is 1.76. The minimum absolute atomic E-state index is 0.0799. The molecule has 0 bridgehead atoms. The van der Waals surface area contributed by atoms with Crippen LogP contribution in [0.5, 0.6) is 11.5 Å². The first-order valence-corrected chi connectivity index (χ1v) is 11.1. The van der Waals surface area contributed by atoms with E-state index in [4.69, 9.17) is 14.5 Å². The highest BCUT2D eigenvalue weighted by atomic mass is 32.1. The highest BCUT2D eigenvalue weighted by Gasteiger charge is 2.20. The van der Waals surface area contributed by atoms with Crippen molar-refractivity contribution in [3.8, 4) is 22.8 Å². The number of nitrogens with one attached hydrogen (secondary N) is 1. The zero-order valence-corrected chi connectivity index (χ0v) is 19.5. The van der Waals surface area contributed by atoms with Crippen molar-refractivity contribution in [2.24, 2.45) is 0 Å². The lowest BCUT2D eigenvalue weighted by atomic mass is 9.93. The Hall–Kier alpha value is -3.45. The Morgan fingerprint density at radius 1 is 0.969 bits per heavy atom. The summed E-state index contributed by atoms with van der Waals surface area (Å²) in [6.07, 6.45) is 0. The lowest BCUT2D eigenvalue weighted by molar-refractivity contribution is 0.102. The molecule has 1 N–H and O–H groups in total.